The second-order valence-corrected chi connectivity index (χ2v) is 3.82. The Morgan fingerprint density at radius 2 is 1.88 bits per heavy atom. The van der Waals surface area contributed by atoms with E-state index in [9.17, 15) is 4.79 Å². The number of amides is 1. The summed E-state index contributed by atoms with van der Waals surface area (Å²) in [4.78, 5) is 10.9. The number of hydrogen-bond acceptors (Lipinski definition) is 4. The zero-order chi connectivity index (χ0) is 12.1. The van der Waals surface area contributed by atoms with Gasteiger partial charge in [-0.25, -0.2) is 0 Å². The largest absolute Gasteiger partial charge is 0.386 e. The maximum atomic E-state index is 10.9. The Balaban J connectivity index is 1.97. The third-order valence-corrected chi connectivity index (χ3v) is 2.32. The van der Waals surface area contributed by atoms with Crippen LogP contribution in [0, 0.1) is 0 Å². The summed E-state index contributed by atoms with van der Waals surface area (Å²) in [6, 6.07) is 7.56. The molecule has 2 rings (SSSR count). The lowest BCUT2D eigenvalue weighted by atomic mass is 10.2. The van der Waals surface area contributed by atoms with E-state index in [-0.39, 0.29) is 5.91 Å². The number of benzene rings is 1. The fourth-order valence-corrected chi connectivity index (χ4v) is 1.57. The molecule has 0 unspecified atom stereocenters. The van der Waals surface area contributed by atoms with E-state index in [1.807, 2.05) is 30.5 Å². The molecule has 1 amide bonds. The van der Waals surface area contributed by atoms with E-state index in [1.54, 1.807) is 0 Å². The summed E-state index contributed by atoms with van der Waals surface area (Å²) in [6.45, 7) is 3.34. The average Bonchev–Trinajstić information content (AvgIpc) is 2.32. The van der Waals surface area contributed by atoms with Crippen LogP contribution in [0.5, 0.6) is 0 Å². The third kappa shape index (κ3) is 3.41. The van der Waals surface area contributed by atoms with Gasteiger partial charge in [-0.05, 0) is 24.3 Å². The van der Waals surface area contributed by atoms with Gasteiger partial charge in [0.2, 0.25) is 5.91 Å². The molecule has 0 saturated carbocycles. The van der Waals surface area contributed by atoms with Crippen LogP contribution in [0.1, 0.15) is 6.92 Å². The van der Waals surface area contributed by atoms with Gasteiger partial charge in [0.05, 0.1) is 0 Å². The van der Waals surface area contributed by atoms with Gasteiger partial charge in [-0.2, -0.15) is 0 Å². The second-order valence-electron chi connectivity index (χ2n) is 3.82. The van der Waals surface area contributed by atoms with Crippen LogP contribution in [0.3, 0.4) is 0 Å². The summed E-state index contributed by atoms with van der Waals surface area (Å²) in [5.41, 5.74) is 1.77. The first-order valence-corrected chi connectivity index (χ1v) is 5.56. The second kappa shape index (κ2) is 5.25. The zero-order valence-electron chi connectivity index (χ0n) is 9.71. The minimum Gasteiger partial charge on any atom is -0.386 e. The maximum Gasteiger partial charge on any atom is 0.221 e. The van der Waals surface area contributed by atoms with Gasteiger partial charge in [-0.15, -0.1) is 0 Å². The summed E-state index contributed by atoms with van der Waals surface area (Å²) in [5.74, 6) is 0.884. The van der Waals surface area contributed by atoms with Crippen molar-refractivity contribution in [3.63, 3.8) is 0 Å². The normalized spacial score (nSPS) is 14.1. The van der Waals surface area contributed by atoms with Crippen LogP contribution < -0.4 is 21.3 Å². The highest BCUT2D eigenvalue weighted by Crippen LogP contribution is 2.14. The average molecular weight is 232 g/mol. The van der Waals surface area contributed by atoms with Crippen LogP contribution in [0.15, 0.2) is 36.3 Å². The number of carbonyl (C=O) groups is 1. The van der Waals surface area contributed by atoms with Crippen molar-refractivity contribution in [2.75, 3.05) is 23.7 Å². The number of carbonyl (C=O) groups excluding carboxylic acids is 1. The Kier molecular flexibility index (Phi) is 3.49. The monoisotopic (exact) mass is 232 g/mol. The van der Waals surface area contributed by atoms with E-state index in [4.69, 9.17) is 0 Å². The predicted octanol–water partition coefficient (Wildman–Crippen LogP) is 1.05. The fourth-order valence-electron chi connectivity index (χ4n) is 1.57. The van der Waals surface area contributed by atoms with Crippen molar-refractivity contribution in [3.8, 4) is 0 Å². The van der Waals surface area contributed by atoms with Crippen molar-refractivity contribution >= 4 is 17.3 Å². The molecular weight excluding hydrogens is 216 g/mol. The summed E-state index contributed by atoms with van der Waals surface area (Å²) < 4.78 is 0. The van der Waals surface area contributed by atoms with Gasteiger partial charge in [-0.3, -0.25) is 4.79 Å². The van der Waals surface area contributed by atoms with Crippen LogP contribution in [0.25, 0.3) is 0 Å². The SMILES string of the molecule is CC(=O)Nc1ccc(NC2=CNCCN2)cc1. The lowest BCUT2D eigenvalue weighted by Crippen LogP contribution is -2.33. The van der Waals surface area contributed by atoms with Gasteiger partial charge in [-0.1, -0.05) is 0 Å². The first kappa shape index (κ1) is 11.3. The number of hydrogen-bond donors (Lipinski definition) is 4. The number of rotatable bonds is 3. The van der Waals surface area contributed by atoms with Gasteiger partial charge in [0.1, 0.15) is 5.82 Å². The van der Waals surface area contributed by atoms with Crippen LogP contribution in [-0.4, -0.2) is 19.0 Å². The van der Waals surface area contributed by atoms with Crippen molar-refractivity contribution in [1.82, 2.24) is 10.6 Å². The topological polar surface area (TPSA) is 65.2 Å². The standard InChI is InChI=1S/C12H16N4O/c1-9(17)15-10-2-4-11(5-3-10)16-12-8-13-6-7-14-12/h2-5,8,13-14,16H,6-7H2,1H3,(H,15,17). The Hall–Kier alpha value is -2.17. The van der Waals surface area contributed by atoms with Crippen molar-refractivity contribution in [2.24, 2.45) is 0 Å². The molecule has 90 valence electrons. The zero-order valence-corrected chi connectivity index (χ0v) is 9.71. The molecule has 0 aliphatic carbocycles. The van der Waals surface area contributed by atoms with Crippen LogP contribution in [0.2, 0.25) is 0 Å². The molecule has 17 heavy (non-hydrogen) atoms. The molecule has 0 fully saturated rings. The molecule has 0 radical (unpaired) electrons. The maximum absolute atomic E-state index is 10.9. The minimum absolute atomic E-state index is 0.0634. The molecule has 5 nitrogen and oxygen atoms in total. The molecule has 0 atom stereocenters. The molecule has 0 spiro atoms. The Bertz CT molecular complexity index is 425. The number of anilines is 2. The molecule has 1 aliphatic heterocycles. The van der Waals surface area contributed by atoms with Crippen LogP contribution in [0.4, 0.5) is 11.4 Å². The highest BCUT2D eigenvalue weighted by molar-refractivity contribution is 5.88. The predicted molar refractivity (Wildman–Crippen MR) is 68.5 cm³/mol. The van der Waals surface area contributed by atoms with Gasteiger partial charge < -0.3 is 21.3 Å². The summed E-state index contributed by atoms with van der Waals surface area (Å²) in [6.07, 6.45) is 1.91. The molecule has 4 N–H and O–H groups in total. The van der Waals surface area contributed by atoms with Crippen LogP contribution in [-0.2, 0) is 4.79 Å². The first-order valence-electron chi connectivity index (χ1n) is 5.56. The third-order valence-electron chi connectivity index (χ3n) is 2.32. The smallest absolute Gasteiger partial charge is 0.221 e. The Morgan fingerprint density at radius 1 is 1.18 bits per heavy atom. The van der Waals surface area contributed by atoms with E-state index in [1.165, 1.54) is 6.92 Å². The van der Waals surface area contributed by atoms with E-state index in [2.05, 4.69) is 21.3 Å². The van der Waals surface area contributed by atoms with Gasteiger partial charge in [0.15, 0.2) is 0 Å². The van der Waals surface area contributed by atoms with Crippen molar-refractivity contribution < 1.29 is 4.79 Å². The van der Waals surface area contributed by atoms with E-state index >= 15 is 0 Å². The van der Waals surface area contributed by atoms with E-state index < -0.39 is 0 Å². The van der Waals surface area contributed by atoms with Gasteiger partial charge in [0, 0.05) is 37.6 Å². The highest BCUT2D eigenvalue weighted by Gasteiger charge is 2.02. The van der Waals surface area contributed by atoms with Gasteiger partial charge >= 0.3 is 0 Å². The quantitative estimate of drug-likeness (QED) is 0.629. The first-order chi connectivity index (χ1) is 8.24. The molecule has 0 aromatic heterocycles. The van der Waals surface area contributed by atoms with Crippen LogP contribution >= 0.6 is 0 Å². The van der Waals surface area contributed by atoms with Gasteiger partial charge in [0.25, 0.3) is 0 Å². The molecule has 1 aromatic carbocycles. The van der Waals surface area contributed by atoms with E-state index in [0.717, 1.165) is 30.3 Å². The molecular formula is C12H16N4O. The molecule has 0 saturated heterocycles. The molecule has 1 heterocycles. The Morgan fingerprint density at radius 3 is 2.47 bits per heavy atom. The minimum atomic E-state index is -0.0634. The number of nitrogens with one attached hydrogen (secondary N) is 4. The van der Waals surface area contributed by atoms with Crippen molar-refractivity contribution in [2.45, 2.75) is 6.92 Å². The highest BCUT2D eigenvalue weighted by atomic mass is 16.1. The summed E-state index contributed by atoms with van der Waals surface area (Å²) in [5, 5.41) is 12.3. The van der Waals surface area contributed by atoms with Crippen molar-refractivity contribution in [1.29, 1.82) is 0 Å². The summed E-state index contributed by atoms with van der Waals surface area (Å²) in [7, 11) is 0. The Labute approximate surface area is 100 Å². The molecule has 1 aliphatic rings. The molecule has 5 heteroatoms. The lowest BCUT2D eigenvalue weighted by Gasteiger charge is -2.18. The van der Waals surface area contributed by atoms with Crippen molar-refractivity contribution in [3.05, 3.63) is 36.3 Å². The molecule has 0 bridgehead atoms. The lowest BCUT2D eigenvalue weighted by molar-refractivity contribution is -0.114. The molecule has 1 aromatic rings. The summed E-state index contributed by atoms with van der Waals surface area (Å²) >= 11 is 0. The fraction of sp³-hybridized carbons (Fsp3) is 0.250. The van der Waals surface area contributed by atoms with E-state index in [0.29, 0.717) is 0 Å².